The SMILES string of the molecule is CC(CCc1cccc(F)c1)C(=O)NCCC(O)c1ccccc1. The van der Waals surface area contributed by atoms with Crippen LogP contribution in [0.5, 0.6) is 0 Å². The summed E-state index contributed by atoms with van der Waals surface area (Å²) in [5, 5.41) is 12.9. The number of rotatable bonds is 8. The van der Waals surface area contributed by atoms with Crippen LogP contribution in [0, 0.1) is 11.7 Å². The quantitative estimate of drug-likeness (QED) is 0.777. The Balaban J connectivity index is 1.70. The Morgan fingerprint density at radius 2 is 1.88 bits per heavy atom. The van der Waals surface area contributed by atoms with Crippen molar-refractivity contribution in [2.24, 2.45) is 5.92 Å². The topological polar surface area (TPSA) is 49.3 Å². The molecule has 2 aromatic rings. The van der Waals surface area contributed by atoms with Crippen LogP contribution < -0.4 is 5.32 Å². The molecule has 0 radical (unpaired) electrons. The van der Waals surface area contributed by atoms with E-state index >= 15 is 0 Å². The second kappa shape index (κ2) is 9.18. The molecule has 0 aromatic heterocycles. The number of hydrogen-bond acceptors (Lipinski definition) is 2. The lowest BCUT2D eigenvalue weighted by molar-refractivity contribution is -0.124. The lowest BCUT2D eigenvalue weighted by atomic mass is 10.00. The van der Waals surface area contributed by atoms with Crippen LogP contribution in [0.4, 0.5) is 4.39 Å². The summed E-state index contributed by atoms with van der Waals surface area (Å²) in [4.78, 5) is 12.1. The molecule has 2 atom stereocenters. The number of amides is 1. The number of carbonyl (C=O) groups is 1. The second-order valence-corrected chi connectivity index (χ2v) is 6.08. The molecule has 2 unspecified atom stereocenters. The van der Waals surface area contributed by atoms with Gasteiger partial charge in [0.2, 0.25) is 5.91 Å². The van der Waals surface area contributed by atoms with E-state index in [9.17, 15) is 14.3 Å². The molecule has 1 amide bonds. The first-order valence-electron chi connectivity index (χ1n) is 8.31. The van der Waals surface area contributed by atoms with E-state index in [1.807, 2.05) is 43.3 Å². The Morgan fingerprint density at radius 3 is 2.58 bits per heavy atom. The Kier molecular flexibility index (Phi) is 6.94. The molecule has 0 bridgehead atoms. The minimum absolute atomic E-state index is 0.0355. The van der Waals surface area contributed by atoms with Crippen LogP contribution in [0.2, 0.25) is 0 Å². The van der Waals surface area contributed by atoms with Gasteiger partial charge in [-0.25, -0.2) is 4.39 Å². The van der Waals surface area contributed by atoms with Gasteiger partial charge in [-0.3, -0.25) is 4.79 Å². The van der Waals surface area contributed by atoms with Gasteiger partial charge in [-0.05, 0) is 42.5 Å². The van der Waals surface area contributed by atoms with Crippen LogP contribution in [0.15, 0.2) is 54.6 Å². The van der Waals surface area contributed by atoms with Crippen molar-refractivity contribution < 1.29 is 14.3 Å². The van der Waals surface area contributed by atoms with E-state index in [4.69, 9.17) is 0 Å². The molecule has 4 heteroatoms. The average molecular weight is 329 g/mol. The Hall–Kier alpha value is -2.20. The first-order chi connectivity index (χ1) is 11.6. The van der Waals surface area contributed by atoms with Crippen LogP contribution in [0.3, 0.4) is 0 Å². The van der Waals surface area contributed by atoms with E-state index in [0.717, 1.165) is 11.1 Å². The van der Waals surface area contributed by atoms with E-state index < -0.39 is 6.10 Å². The second-order valence-electron chi connectivity index (χ2n) is 6.08. The van der Waals surface area contributed by atoms with E-state index in [1.54, 1.807) is 6.07 Å². The van der Waals surface area contributed by atoms with Gasteiger partial charge >= 0.3 is 0 Å². The number of aliphatic hydroxyl groups excluding tert-OH is 1. The van der Waals surface area contributed by atoms with E-state index in [2.05, 4.69) is 5.32 Å². The standard InChI is InChI=1S/C20H24FNO2/c1-15(10-11-16-6-5-9-18(21)14-16)20(24)22-13-12-19(23)17-7-3-2-4-8-17/h2-9,14-15,19,23H,10-13H2,1H3,(H,22,24). The molecule has 3 nitrogen and oxygen atoms in total. The normalized spacial score (nSPS) is 13.3. The van der Waals surface area contributed by atoms with Crippen LogP contribution in [0.25, 0.3) is 0 Å². The van der Waals surface area contributed by atoms with Gasteiger partial charge in [0.15, 0.2) is 0 Å². The van der Waals surface area contributed by atoms with Gasteiger partial charge in [0, 0.05) is 12.5 Å². The molecular weight excluding hydrogens is 305 g/mol. The van der Waals surface area contributed by atoms with Gasteiger partial charge in [0.25, 0.3) is 0 Å². The Morgan fingerprint density at radius 1 is 1.12 bits per heavy atom. The first-order valence-corrected chi connectivity index (χ1v) is 8.31. The predicted molar refractivity (Wildman–Crippen MR) is 92.9 cm³/mol. The minimum Gasteiger partial charge on any atom is -0.388 e. The van der Waals surface area contributed by atoms with E-state index in [0.29, 0.717) is 25.8 Å². The molecule has 2 aromatic carbocycles. The van der Waals surface area contributed by atoms with Crippen molar-refractivity contribution >= 4 is 5.91 Å². The molecular formula is C20H24FNO2. The van der Waals surface area contributed by atoms with Gasteiger partial charge in [0.05, 0.1) is 6.10 Å². The zero-order valence-corrected chi connectivity index (χ0v) is 13.9. The van der Waals surface area contributed by atoms with Gasteiger partial charge < -0.3 is 10.4 Å². The molecule has 128 valence electrons. The maximum atomic E-state index is 13.1. The maximum absolute atomic E-state index is 13.1. The molecule has 0 spiro atoms. The van der Waals surface area contributed by atoms with Crippen molar-refractivity contribution in [1.82, 2.24) is 5.32 Å². The molecule has 0 aliphatic heterocycles. The van der Waals surface area contributed by atoms with Gasteiger partial charge in [-0.15, -0.1) is 0 Å². The summed E-state index contributed by atoms with van der Waals surface area (Å²) in [6.45, 7) is 2.29. The fraction of sp³-hybridized carbons (Fsp3) is 0.350. The van der Waals surface area contributed by atoms with Crippen LogP contribution in [-0.4, -0.2) is 17.6 Å². The van der Waals surface area contributed by atoms with Crippen molar-refractivity contribution in [2.75, 3.05) is 6.54 Å². The third-order valence-corrected chi connectivity index (χ3v) is 4.10. The highest BCUT2D eigenvalue weighted by Crippen LogP contribution is 2.15. The number of hydrogen-bond donors (Lipinski definition) is 2. The number of halogens is 1. The van der Waals surface area contributed by atoms with Gasteiger partial charge in [-0.1, -0.05) is 49.4 Å². The van der Waals surface area contributed by atoms with E-state index in [1.165, 1.54) is 12.1 Å². The van der Waals surface area contributed by atoms with Crippen molar-refractivity contribution in [1.29, 1.82) is 0 Å². The summed E-state index contributed by atoms with van der Waals surface area (Å²) in [5.74, 6) is -0.437. The summed E-state index contributed by atoms with van der Waals surface area (Å²) in [5.41, 5.74) is 1.75. The molecule has 0 saturated heterocycles. The van der Waals surface area contributed by atoms with Crippen LogP contribution in [0.1, 0.15) is 37.0 Å². The number of benzene rings is 2. The monoisotopic (exact) mass is 329 g/mol. The number of nitrogens with one attached hydrogen (secondary N) is 1. The van der Waals surface area contributed by atoms with Crippen molar-refractivity contribution in [3.05, 3.63) is 71.5 Å². The van der Waals surface area contributed by atoms with Crippen molar-refractivity contribution in [2.45, 2.75) is 32.3 Å². The van der Waals surface area contributed by atoms with Crippen LogP contribution in [-0.2, 0) is 11.2 Å². The zero-order chi connectivity index (χ0) is 17.4. The predicted octanol–water partition coefficient (Wildman–Crippen LogP) is 3.63. The Bertz CT molecular complexity index is 645. The zero-order valence-electron chi connectivity index (χ0n) is 13.9. The number of carbonyl (C=O) groups excluding carboxylic acids is 1. The smallest absolute Gasteiger partial charge is 0.222 e. The molecule has 24 heavy (non-hydrogen) atoms. The summed E-state index contributed by atoms with van der Waals surface area (Å²) >= 11 is 0. The highest BCUT2D eigenvalue weighted by atomic mass is 19.1. The summed E-state index contributed by atoms with van der Waals surface area (Å²) < 4.78 is 13.1. The third-order valence-electron chi connectivity index (χ3n) is 4.10. The molecule has 0 aliphatic carbocycles. The molecule has 0 aliphatic rings. The van der Waals surface area contributed by atoms with Gasteiger partial charge in [-0.2, -0.15) is 0 Å². The van der Waals surface area contributed by atoms with Crippen LogP contribution >= 0.6 is 0 Å². The lowest BCUT2D eigenvalue weighted by Crippen LogP contribution is -2.31. The third kappa shape index (κ3) is 5.78. The molecule has 0 saturated carbocycles. The average Bonchev–Trinajstić information content (AvgIpc) is 2.60. The van der Waals surface area contributed by atoms with Gasteiger partial charge in [0.1, 0.15) is 5.82 Å². The fourth-order valence-electron chi connectivity index (χ4n) is 2.55. The number of aliphatic hydroxyl groups is 1. The molecule has 0 fully saturated rings. The minimum atomic E-state index is -0.575. The Labute approximate surface area is 142 Å². The molecule has 0 heterocycles. The highest BCUT2D eigenvalue weighted by Gasteiger charge is 2.14. The summed E-state index contributed by atoms with van der Waals surface area (Å²) in [7, 11) is 0. The lowest BCUT2D eigenvalue weighted by Gasteiger charge is -2.14. The summed E-state index contributed by atoms with van der Waals surface area (Å²) in [6, 6.07) is 15.9. The fourth-order valence-corrected chi connectivity index (χ4v) is 2.55. The highest BCUT2D eigenvalue weighted by molar-refractivity contribution is 5.78. The van der Waals surface area contributed by atoms with Crippen molar-refractivity contribution in [3.8, 4) is 0 Å². The van der Waals surface area contributed by atoms with Crippen molar-refractivity contribution in [3.63, 3.8) is 0 Å². The first kappa shape index (κ1) is 18.1. The summed E-state index contributed by atoms with van der Waals surface area (Å²) in [6.07, 6.45) is 1.23. The number of aryl methyl sites for hydroxylation is 1. The maximum Gasteiger partial charge on any atom is 0.222 e. The largest absolute Gasteiger partial charge is 0.388 e. The molecule has 2 N–H and O–H groups in total. The van der Waals surface area contributed by atoms with E-state index in [-0.39, 0.29) is 17.6 Å². The molecule has 2 rings (SSSR count).